The largest absolute Gasteiger partial charge is 0.358 e. The Morgan fingerprint density at radius 3 is 3.00 bits per heavy atom. The molecule has 19 heavy (non-hydrogen) atoms. The number of benzene rings is 1. The Bertz CT molecular complexity index is 464. The zero-order chi connectivity index (χ0) is 13.8. The highest BCUT2D eigenvalue weighted by Crippen LogP contribution is 2.26. The molecular weight excluding hydrogens is 306 g/mol. The van der Waals surface area contributed by atoms with E-state index < -0.39 is 0 Å². The van der Waals surface area contributed by atoms with E-state index in [1.807, 2.05) is 6.92 Å². The van der Waals surface area contributed by atoms with Crippen LogP contribution < -0.4 is 15.5 Å². The van der Waals surface area contributed by atoms with Gasteiger partial charge >= 0.3 is 0 Å². The van der Waals surface area contributed by atoms with Crippen LogP contribution in [0.3, 0.4) is 0 Å². The Morgan fingerprint density at radius 2 is 2.32 bits per heavy atom. The van der Waals surface area contributed by atoms with E-state index in [4.69, 9.17) is 0 Å². The number of carbonyl (C=O) groups is 1. The lowest BCUT2D eigenvalue weighted by molar-refractivity contribution is -0.122. The number of hydrogen-bond donors (Lipinski definition) is 2. The van der Waals surface area contributed by atoms with Gasteiger partial charge in [0.25, 0.3) is 0 Å². The van der Waals surface area contributed by atoms with Gasteiger partial charge in [0.1, 0.15) is 6.04 Å². The number of amides is 1. The molecule has 0 aliphatic carbocycles. The summed E-state index contributed by atoms with van der Waals surface area (Å²) < 4.78 is 1.09. The molecule has 104 valence electrons. The number of nitrogens with zero attached hydrogens (tertiary/aromatic N) is 1. The van der Waals surface area contributed by atoms with Crippen molar-refractivity contribution in [3.8, 4) is 0 Å². The molecule has 1 amide bonds. The minimum absolute atomic E-state index is 0.0964. The molecular formula is C14H20BrN3O. The second-order valence-corrected chi connectivity index (χ2v) is 5.57. The molecule has 4 nitrogen and oxygen atoms in total. The van der Waals surface area contributed by atoms with E-state index in [0.717, 1.165) is 29.8 Å². The van der Waals surface area contributed by atoms with E-state index in [1.54, 1.807) is 0 Å². The highest BCUT2D eigenvalue weighted by atomic mass is 79.9. The number of rotatable bonds is 4. The van der Waals surface area contributed by atoms with Crippen molar-refractivity contribution in [2.24, 2.45) is 0 Å². The third-order valence-corrected chi connectivity index (χ3v) is 4.17. The number of halogens is 1. The first kappa shape index (κ1) is 14.3. The topological polar surface area (TPSA) is 44.4 Å². The highest BCUT2D eigenvalue weighted by molar-refractivity contribution is 9.10. The molecule has 1 saturated heterocycles. The second kappa shape index (κ2) is 6.39. The number of piperazine rings is 1. The molecule has 1 unspecified atom stereocenters. The van der Waals surface area contributed by atoms with Crippen molar-refractivity contribution in [3.05, 3.63) is 28.2 Å². The first-order valence-corrected chi connectivity index (χ1v) is 7.46. The number of hydrogen-bond acceptors (Lipinski definition) is 3. The zero-order valence-corrected chi connectivity index (χ0v) is 13.0. The van der Waals surface area contributed by atoms with Crippen molar-refractivity contribution in [1.82, 2.24) is 10.6 Å². The van der Waals surface area contributed by atoms with Crippen LogP contribution in [0.15, 0.2) is 22.7 Å². The van der Waals surface area contributed by atoms with Gasteiger partial charge in [-0.1, -0.05) is 28.9 Å². The Morgan fingerprint density at radius 1 is 1.53 bits per heavy atom. The maximum Gasteiger partial charge on any atom is 0.242 e. The van der Waals surface area contributed by atoms with Crippen LogP contribution in [0.2, 0.25) is 0 Å². The van der Waals surface area contributed by atoms with E-state index in [2.05, 4.69) is 56.6 Å². The van der Waals surface area contributed by atoms with Gasteiger partial charge in [-0.2, -0.15) is 0 Å². The SMILES string of the molecule is CCNCc1ccc(N2CCNC(=O)C2C)cc1Br. The van der Waals surface area contributed by atoms with Crippen LogP contribution in [0.25, 0.3) is 0 Å². The van der Waals surface area contributed by atoms with Crippen LogP contribution in [-0.4, -0.2) is 31.6 Å². The quantitative estimate of drug-likeness (QED) is 0.888. The molecule has 0 radical (unpaired) electrons. The summed E-state index contributed by atoms with van der Waals surface area (Å²) in [6.07, 6.45) is 0. The summed E-state index contributed by atoms with van der Waals surface area (Å²) in [7, 11) is 0. The fourth-order valence-corrected chi connectivity index (χ4v) is 2.76. The van der Waals surface area contributed by atoms with E-state index in [9.17, 15) is 4.79 Å². The van der Waals surface area contributed by atoms with Crippen LogP contribution in [0, 0.1) is 0 Å². The molecule has 0 aromatic heterocycles. The predicted molar refractivity (Wildman–Crippen MR) is 81.3 cm³/mol. The molecule has 1 aliphatic heterocycles. The van der Waals surface area contributed by atoms with Gasteiger partial charge in [0.2, 0.25) is 5.91 Å². The van der Waals surface area contributed by atoms with E-state index >= 15 is 0 Å². The maximum atomic E-state index is 11.7. The smallest absolute Gasteiger partial charge is 0.242 e. The fourth-order valence-electron chi connectivity index (χ4n) is 2.25. The van der Waals surface area contributed by atoms with Crippen LogP contribution >= 0.6 is 15.9 Å². The average molecular weight is 326 g/mol. The normalized spacial score (nSPS) is 19.4. The van der Waals surface area contributed by atoms with Gasteiger partial charge in [0, 0.05) is 29.8 Å². The third-order valence-electron chi connectivity index (χ3n) is 3.43. The van der Waals surface area contributed by atoms with Crippen LogP contribution in [0.4, 0.5) is 5.69 Å². The van der Waals surface area contributed by atoms with E-state index in [-0.39, 0.29) is 11.9 Å². The Labute approximate surface area is 122 Å². The molecule has 0 saturated carbocycles. The van der Waals surface area contributed by atoms with Crippen LogP contribution in [0.5, 0.6) is 0 Å². The molecule has 1 atom stereocenters. The minimum Gasteiger partial charge on any atom is -0.358 e. The van der Waals surface area contributed by atoms with Crippen molar-refractivity contribution < 1.29 is 4.79 Å². The van der Waals surface area contributed by atoms with Gasteiger partial charge in [-0.15, -0.1) is 0 Å². The summed E-state index contributed by atoms with van der Waals surface area (Å²) in [6.45, 7) is 7.40. The summed E-state index contributed by atoms with van der Waals surface area (Å²) in [5.74, 6) is 0.0964. The molecule has 1 fully saturated rings. The van der Waals surface area contributed by atoms with Gasteiger partial charge in [0.05, 0.1) is 0 Å². The third kappa shape index (κ3) is 3.28. The van der Waals surface area contributed by atoms with Crippen molar-refractivity contribution in [2.45, 2.75) is 26.4 Å². The average Bonchev–Trinajstić information content (AvgIpc) is 2.40. The van der Waals surface area contributed by atoms with Gasteiger partial charge in [-0.05, 0) is 31.2 Å². The monoisotopic (exact) mass is 325 g/mol. The summed E-state index contributed by atoms with van der Waals surface area (Å²) in [5.41, 5.74) is 2.33. The Balaban J connectivity index is 2.16. The van der Waals surface area contributed by atoms with Crippen molar-refractivity contribution in [3.63, 3.8) is 0 Å². The highest BCUT2D eigenvalue weighted by Gasteiger charge is 2.25. The van der Waals surface area contributed by atoms with Gasteiger partial charge in [0.15, 0.2) is 0 Å². The zero-order valence-electron chi connectivity index (χ0n) is 11.4. The molecule has 0 bridgehead atoms. The van der Waals surface area contributed by atoms with Crippen LogP contribution in [-0.2, 0) is 11.3 Å². The lowest BCUT2D eigenvalue weighted by atomic mass is 10.1. The lowest BCUT2D eigenvalue weighted by Crippen LogP contribution is -2.54. The Kier molecular flexibility index (Phi) is 4.82. The fraction of sp³-hybridized carbons (Fsp3) is 0.500. The van der Waals surface area contributed by atoms with Crippen LogP contribution in [0.1, 0.15) is 19.4 Å². The van der Waals surface area contributed by atoms with Gasteiger partial charge < -0.3 is 15.5 Å². The first-order chi connectivity index (χ1) is 9.13. The van der Waals surface area contributed by atoms with E-state index in [0.29, 0.717) is 6.54 Å². The molecule has 5 heteroatoms. The standard InChI is InChI=1S/C14H20BrN3O/c1-3-16-9-11-4-5-12(8-13(11)15)18-7-6-17-14(19)10(18)2/h4-5,8,10,16H,3,6-7,9H2,1-2H3,(H,17,19). The summed E-state index contributed by atoms with van der Waals surface area (Å²) in [4.78, 5) is 13.8. The van der Waals surface area contributed by atoms with Crippen molar-refractivity contribution in [2.75, 3.05) is 24.5 Å². The second-order valence-electron chi connectivity index (χ2n) is 4.72. The van der Waals surface area contributed by atoms with Crippen molar-refractivity contribution in [1.29, 1.82) is 0 Å². The maximum absolute atomic E-state index is 11.7. The number of nitrogens with one attached hydrogen (secondary N) is 2. The molecule has 2 rings (SSSR count). The van der Waals surface area contributed by atoms with Gasteiger partial charge in [-0.25, -0.2) is 0 Å². The first-order valence-electron chi connectivity index (χ1n) is 6.67. The predicted octanol–water partition coefficient (Wildman–Crippen LogP) is 1.88. The number of anilines is 1. The molecule has 1 aromatic carbocycles. The molecule has 1 heterocycles. The molecule has 1 aliphatic rings. The molecule has 2 N–H and O–H groups in total. The molecule has 1 aromatic rings. The minimum atomic E-state index is -0.111. The lowest BCUT2D eigenvalue weighted by Gasteiger charge is -2.35. The summed E-state index contributed by atoms with van der Waals surface area (Å²) in [6, 6.07) is 6.19. The Hall–Kier alpha value is -1.07. The van der Waals surface area contributed by atoms with E-state index in [1.165, 1.54) is 5.56 Å². The van der Waals surface area contributed by atoms with Gasteiger partial charge in [-0.3, -0.25) is 4.79 Å². The summed E-state index contributed by atoms with van der Waals surface area (Å²) >= 11 is 3.61. The summed E-state index contributed by atoms with van der Waals surface area (Å²) in [5, 5.41) is 6.20. The molecule has 0 spiro atoms. The number of carbonyl (C=O) groups excluding carboxylic acids is 1. The van der Waals surface area contributed by atoms with Crippen molar-refractivity contribution >= 4 is 27.5 Å².